The number of carbonyl (C=O) groups excluding carboxylic acids is 2. The van der Waals surface area contributed by atoms with Crippen LogP contribution in [0, 0.1) is 5.92 Å². The van der Waals surface area contributed by atoms with E-state index in [2.05, 4.69) is 27.4 Å². The molecule has 2 saturated heterocycles. The molecule has 7 heteroatoms. The van der Waals surface area contributed by atoms with Crippen molar-refractivity contribution in [2.45, 2.75) is 45.2 Å². The van der Waals surface area contributed by atoms with E-state index in [1.54, 1.807) is 0 Å². The molecule has 0 radical (unpaired) electrons. The summed E-state index contributed by atoms with van der Waals surface area (Å²) in [5, 5.41) is 5.98. The number of aromatic nitrogens is 1. The fraction of sp³-hybridized carbons (Fsp3) is 0.480. The molecule has 0 aliphatic carbocycles. The number of pyridine rings is 1. The molecule has 1 aromatic heterocycles. The molecule has 2 N–H and O–H groups in total. The minimum atomic E-state index is -0.250. The van der Waals surface area contributed by atoms with Crippen LogP contribution in [0.3, 0.4) is 0 Å². The highest BCUT2D eigenvalue weighted by atomic mass is 16.2. The van der Waals surface area contributed by atoms with Crippen molar-refractivity contribution in [3.05, 3.63) is 59.8 Å². The molecular weight excluding hydrogens is 402 g/mol. The minimum absolute atomic E-state index is 0.155. The Kier molecular flexibility index (Phi) is 7.24. The molecule has 0 bridgehead atoms. The number of urea groups is 1. The van der Waals surface area contributed by atoms with Gasteiger partial charge < -0.3 is 20.4 Å². The van der Waals surface area contributed by atoms with Crippen molar-refractivity contribution >= 4 is 17.8 Å². The van der Waals surface area contributed by atoms with E-state index in [0.717, 1.165) is 48.9 Å². The average molecular weight is 436 g/mol. The Bertz CT molecular complexity index is 894. The summed E-state index contributed by atoms with van der Waals surface area (Å²) < 4.78 is 0. The van der Waals surface area contributed by atoms with E-state index in [9.17, 15) is 9.59 Å². The largest absolute Gasteiger partial charge is 0.357 e. The van der Waals surface area contributed by atoms with Crippen LogP contribution in [-0.4, -0.2) is 48.0 Å². The molecular formula is C25H33N5O2. The Morgan fingerprint density at radius 2 is 1.91 bits per heavy atom. The van der Waals surface area contributed by atoms with E-state index in [0.29, 0.717) is 19.5 Å². The predicted octanol–water partition coefficient (Wildman–Crippen LogP) is 3.48. The summed E-state index contributed by atoms with van der Waals surface area (Å²) in [4.78, 5) is 33.5. The number of piperidine rings is 1. The van der Waals surface area contributed by atoms with Crippen molar-refractivity contribution in [1.82, 2.24) is 20.5 Å². The van der Waals surface area contributed by atoms with Gasteiger partial charge >= 0.3 is 6.03 Å². The lowest BCUT2D eigenvalue weighted by Gasteiger charge is -2.31. The zero-order valence-electron chi connectivity index (χ0n) is 18.8. The van der Waals surface area contributed by atoms with Crippen molar-refractivity contribution in [3.63, 3.8) is 0 Å². The fourth-order valence-electron chi connectivity index (χ4n) is 4.37. The first-order valence-electron chi connectivity index (χ1n) is 11.7. The van der Waals surface area contributed by atoms with Crippen molar-refractivity contribution in [1.29, 1.82) is 0 Å². The molecule has 3 heterocycles. The van der Waals surface area contributed by atoms with Gasteiger partial charge in [-0.25, -0.2) is 9.78 Å². The Balaban J connectivity index is 1.31. The Morgan fingerprint density at radius 3 is 2.56 bits per heavy atom. The summed E-state index contributed by atoms with van der Waals surface area (Å²) in [5.74, 6) is 1.95. The summed E-state index contributed by atoms with van der Waals surface area (Å²) in [6, 6.07) is 13.4. The predicted molar refractivity (Wildman–Crippen MR) is 125 cm³/mol. The van der Waals surface area contributed by atoms with Crippen molar-refractivity contribution in [2.24, 2.45) is 5.92 Å². The number of rotatable bonds is 7. The fourth-order valence-corrected chi connectivity index (χ4v) is 4.37. The van der Waals surface area contributed by atoms with Crippen molar-refractivity contribution in [3.8, 4) is 0 Å². The molecule has 3 amide bonds. The topological polar surface area (TPSA) is 77.6 Å². The first-order valence-corrected chi connectivity index (χ1v) is 11.7. The highest BCUT2D eigenvalue weighted by molar-refractivity contribution is 5.78. The summed E-state index contributed by atoms with van der Waals surface area (Å²) in [6.07, 6.45) is 5.72. The van der Waals surface area contributed by atoms with Gasteiger partial charge in [0.25, 0.3) is 0 Å². The molecule has 4 rings (SSSR count). The molecule has 1 aromatic carbocycles. The number of carbonyl (C=O) groups is 2. The van der Waals surface area contributed by atoms with Crippen LogP contribution in [0.4, 0.5) is 10.6 Å². The first-order chi connectivity index (χ1) is 15.6. The van der Waals surface area contributed by atoms with Crippen LogP contribution >= 0.6 is 0 Å². The van der Waals surface area contributed by atoms with E-state index in [-0.39, 0.29) is 18.0 Å². The SMILES string of the molecule is CC1CCN(c2ccc(CNC(=O)NC(CN3CCCC3=O)c3ccccc3)cn2)CC1. The number of amides is 3. The van der Waals surface area contributed by atoms with E-state index >= 15 is 0 Å². The second-order valence-electron chi connectivity index (χ2n) is 8.93. The third-order valence-corrected chi connectivity index (χ3v) is 6.45. The van der Waals surface area contributed by atoms with Gasteiger partial charge in [0.2, 0.25) is 5.91 Å². The third kappa shape index (κ3) is 5.78. The van der Waals surface area contributed by atoms with Crippen LogP contribution in [-0.2, 0) is 11.3 Å². The van der Waals surface area contributed by atoms with Crippen molar-refractivity contribution < 1.29 is 9.59 Å². The molecule has 32 heavy (non-hydrogen) atoms. The van der Waals surface area contributed by atoms with Crippen LogP contribution in [0.15, 0.2) is 48.7 Å². The molecule has 2 aliphatic rings. The lowest BCUT2D eigenvalue weighted by Crippen LogP contribution is -2.42. The second-order valence-corrected chi connectivity index (χ2v) is 8.93. The molecule has 1 unspecified atom stereocenters. The Morgan fingerprint density at radius 1 is 1.12 bits per heavy atom. The van der Waals surface area contributed by atoms with Gasteiger partial charge in [0.05, 0.1) is 6.04 Å². The van der Waals surface area contributed by atoms with Gasteiger partial charge in [0, 0.05) is 45.3 Å². The van der Waals surface area contributed by atoms with Crippen LogP contribution in [0.2, 0.25) is 0 Å². The highest BCUT2D eigenvalue weighted by Gasteiger charge is 2.25. The van der Waals surface area contributed by atoms with Crippen LogP contribution in [0.1, 0.15) is 49.8 Å². The summed E-state index contributed by atoms with van der Waals surface area (Å²) in [5.41, 5.74) is 1.95. The van der Waals surface area contributed by atoms with Gasteiger partial charge in [-0.2, -0.15) is 0 Å². The van der Waals surface area contributed by atoms with Gasteiger partial charge in [0.1, 0.15) is 5.82 Å². The van der Waals surface area contributed by atoms with Crippen LogP contribution in [0.25, 0.3) is 0 Å². The second kappa shape index (κ2) is 10.5. The highest BCUT2D eigenvalue weighted by Crippen LogP contribution is 2.21. The van der Waals surface area contributed by atoms with Gasteiger partial charge in [-0.15, -0.1) is 0 Å². The van der Waals surface area contributed by atoms with E-state index < -0.39 is 0 Å². The standard InChI is InChI=1S/C25H33N5O2/c1-19-11-14-29(15-12-19)23-10-9-20(16-26-23)17-27-25(32)28-22(21-6-3-2-4-7-21)18-30-13-5-8-24(30)31/h2-4,6-7,9-10,16,19,22H,5,8,11-15,17-18H2,1H3,(H2,27,28,32). The Hall–Kier alpha value is -3.09. The van der Waals surface area contributed by atoms with E-state index in [1.807, 2.05) is 53.6 Å². The lowest BCUT2D eigenvalue weighted by atomic mass is 9.99. The lowest BCUT2D eigenvalue weighted by molar-refractivity contribution is -0.128. The molecule has 0 spiro atoms. The van der Waals surface area contributed by atoms with Gasteiger partial charge in [-0.05, 0) is 42.4 Å². The summed E-state index contributed by atoms with van der Waals surface area (Å²) in [6.45, 7) is 6.04. The van der Waals surface area contributed by atoms with E-state index in [1.165, 1.54) is 12.8 Å². The smallest absolute Gasteiger partial charge is 0.315 e. The molecule has 1 atom stereocenters. The third-order valence-electron chi connectivity index (χ3n) is 6.45. The molecule has 2 fully saturated rings. The number of anilines is 1. The number of hydrogen-bond acceptors (Lipinski definition) is 4. The normalized spacial score (nSPS) is 18.0. The zero-order chi connectivity index (χ0) is 22.3. The molecule has 2 aliphatic heterocycles. The molecule has 7 nitrogen and oxygen atoms in total. The van der Waals surface area contributed by atoms with Crippen LogP contribution < -0.4 is 15.5 Å². The number of nitrogens with zero attached hydrogens (tertiary/aromatic N) is 3. The maximum Gasteiger partial charge on any atom is 0.315 e. The van der Waals surface area contributed by atoms with Crippen molar-refractivity contribution in [2.75, 3.05) is 31.1 Å². The number of benzene rings is 1. The van der Waals surface area contributed by atoms with Gasteiger partial charge in [0.15, 0.2) is 0 Å². The quantitative estimate of drug-likeness (QED) is 0.698. The van der Waals surface area contributed by atoms with Crippen LogP contribution in [0.5, 0.6) is 0 Å². The maximum absolute atomic E-state index is 12.6. The summed E-state index contributed by atoms with van der Waals surface area (Å²) in [7, 11) is 0. The number of likely N-dealkylation sites (tertiary alicyclic amines) is 1. The van der Waals surface area contributed by atoms with Gasteiger partial charge in [-0.3, -0.25) is 4.79 Å². The minimum Gasteiger partial charge on any atom is -0.357 e. The molecule has 2 aromatic rings. The first kappa shape index (κ1) is 22.1. The molecule has 170 valence electrons. The number of nitrogens with one attached hydrogen (secondary N) is 2. The Labute approximate surface area is 190 Å². The number of hydrogen-bond donors (Lipinski definition) is 2. The van der Waals surface area contributed by atoms with E-state index in [4.69, 9.17) is 0 Å². The maximum atomic E-state index is 12.6. The summed E-state index contributed by atoms with van der Waals surface area (Å²) >= 11 is 0. The zero-order valence-corrected chi connectivity index (χ0v) is 18.8. The average Bonchev–Trinajstić information content (AvgIpc) is 3.23. The van der Waals surface area contributed by atoms with Gasteiger partial charge in [-0.1, -0.05) is 43.3 Å². The molecule has 0 saturated carbocycles. The monoisotopic (exact) mass is 435 g/mol.